The lowest BCUT2D eigenvalue weighted by Crippen LogP contribution is -2.41. The van der Waals surface area contributed by atoms with Crippen LogP contribution in [0, 0.1) is 13.8 Å². The van der Waals surface area contributed by atoms with Gasteiger partial charge in [0.15, 0.2) is 0 Å². The number of carbonyl (C=O) groups excluding carboxylic acids is 2. The van der Waals surface area contributed by atoms with E-state index in [1.807, 2.05) is 73.1 Å². The van der Waals surface area contributed by atoms with Crippen LogP contribution in [-0.2, 0) is 9.59 Å². The quantitative estimate of drug-likeness (QED) is 0.737. The van der Waals surface area contributed by atoms with Gasteiger partial charge in [0.1, 0.15) is 6.54 Å². The Morgan fingerprint density at radius 2 is 1.82 bits per heavy atom. The van der Waals surface area contributed by atoms with Crippen LogP contribution in [0.5, 0.6) is 0 Å². The van der Waals surface area contributed by atoms with E-state index in [9.17, 15) is 9.59 Å². The number of hydrogen-bond donors (Lipinski definition) is 1. The fourth-order valence-corrected chi connectivity index (χ4v) is 4.23. The summed E-state index contributed by atoms with van der Waals surface area (Å²) in [5.74, 6) is 0.0295. The zero-order chi connectivity index (χ0) is 19.7. The molecule has 1 aliphatic rings. The number of thioether (sulfide) groups is 1. The average Bonchev–Trinajstić information content (AvgIpc) is 3.02. The van der Waals surface area contributed by atoms with E-state index in [4.69, 9.17) is 0 Å². The number of fused-ring (bicyclic) bond motifs is 1. The van der Waals surface area contributed by atoms with E-state index in [1.54, 1.807) is 4.90 Å². The van der Waals surface area contributed by atoms with Crippen molar-refractivity contribution in [2.24, 2.45) is 0 Å². The smallest absolute Gasteiger partial charge is 0.244 e. The summed E-state index contributed by atoms with van der Waals surface area (Å²) in [6, 6.07) is 17.2. The molecule has 7 heteroatoms. The summed E-state index contributed by atoms with van der Waals surface area (Å²) in [6.07, 6.45) is 0. The first-order valence-electron chi connectivity index (χ1n) is 8.97. The summed E-state index contributed by atoms with van der Waals surface area (Å²) in [6.45, 7) is 3.88. The van der Waals surface area contributed by atoms with Crippen LogP contribution in [0.3, 0.4) is 0 Å². The number of para-hydroxylation sites is 3. The normalized spacial score (nSPS) is 13.4. The van der Waals surface area contributed by atoms with Crippen LogP contribution in [0.15, 0.2) is 59.5 Å². The molecule has 28 heavy (non-hydrogen) atoms. The van der Waals surface area contributed by atoms with Gasteiger partial charge in [-0.3, -0.25) is 9.59 Å². The fraction of sp³-hybridized carbons (Fsp3) is 0.190. The molecule has 0 bridgehead atoms. The molecule has 0 atom stereocenters. The van der Waals surface area contributed by atoms with Crippen molar-refractivity contribution in [1.82, 2.24) is 9.78 Å². The summed E-state index contributed by atoms with van der Waals surface area (Å²) >= 11 is 1.50. The zero-order valence-electron chi connectivity index (χ0n) is 15.7. The standard InChI is InChI=1S/C21H20N4O2S/c1-14-11-15(2)25(23-14)17-8-4-3-7-16(17)22-20(26)12-24-18-9-5-6-10-19(18)28-13-21(24)27/h3-11H,12-13H2,1-2H3,(H,22,26). The van der Waals surface area contributed by atoms with Crippen LogP contribution < -0.4 is 10.2 Å². The Bertz CT molecular complexity index is 1060. The summed E-state index contributed by atoms with van der Waals surface area (Å²) in [4.78, 5) is 27.7. The molecule has 0 aliphatic carbocycles. The first kappa shape index (κ1) is 18.3. The lowest BCUT2D eigenvalue weighted by Gasteiger charge is -2.28. The Morgan fingerprint density at radius 1 is 1.11 bits per heavy atom. The van der Waals surface area contributed by atoms with Crippen molar-refractivity contribution in [2.75, 3.05) is 22.5 Å². The summed E-state index contributed by atoms with van der Waals surface area (Å²) < 4.78 is 1.81. The third-order valence-corrected chi connectivity index (χ3v) is 5.57. The monoisotopic (exact) mass is 392 g/mol. The second-order valence-electron chi connectivity index (χ2n) is 6.64. The molecule has 142 valence electrons. The number of aryl methyl sites for hydroxylation is 2. The van der Waals surface area contributed by atoms with Crippen LogP contribution in [0.2, 0.25) is 0 Å². The number of anilines is 2. The minimum Gasteiger partial charge on any atom is -0.323 e. The minimum absolute atomic E-state index is 0.0259. The van der Waals surface area contributed by atoms with Gasteiger partial charge >= 0.3 is 0 Å². The molecule has 0 fully saturated rings. The molecule has 0 radical (unpaired) electrons. The van der Waals surface area contributed by atoms with E-state index in [1.165, 1.54) is 11.8 Å². The number of benzene rings is 2. The molecule has 1 aromatic heterocycles. The van der Waals surface area contributed by atoms with Crippen LogP contribution in [0.25, 0.3) is 5.69 Å². The predicted molar refractivity (Wildman–Crippen MR) is 111 cm³/mol. The van der Waals surface area contributed by atoms with E-state index in [0.29, 0.717) is 11.4 Å². The Kier molecular flexibility index (Phi) is 4.92. The first-order chi connectivity index (χ1) is 13.5. The molecule has 1 N–H and O–H groups in total. The van der Waals surface area contributed by atoms with Gasteiger partial charge in [0, 0.05) is 10.6 Å². The SMILES string of the molecule is Cc1cc(C)n(-c2ccccc2NC(=O)CN2C(=O)CSc3ccccc32)n1. The van der Waals surface area contributed by atoms with Crippen molar-refractivity contribution in [3.63, 3.8) is 0 Å². The Hall–Kier alpha value is -3.06. The highest BCUT2D eigenvalue weighted by Crippen LogP contribution is 2.34. The van der Waals surface area contributed by atoms with Gasteiger partial charge in [-0.25, -0.2) is 4.68 Å². The predicted octanol–water partition coefficient (Wildman–Crippen LogP) is 3.57. The molecule has 2 amide bonds. The number of rotatable bonds is 4. The number of nitrogens with zero attached hydrogens (tertiary/aromatic N) is 3. The molecule has 3 aromatic rings. The summed E-state index contributed by atoms with van der Waals surface area (Å²) in [5, 5.41) is 7.45. The lowest BCUT2D eigenvalue weighted by molar-refractivity contribution is -0.120. The molecule has 0 unspecified atom stereocenters. The lowest BCUT2D eigenvalue weighted by atomic mass is 10.2. The molecule has 0 saturated heterocycles. The van der Waals surface area contributed by atoms with Crippen LogP contribution in [-0.4, -0.2) is 33.9 Å². The van der Waals surface area contributed by atoms with E-state index < -0.39 is 0 Å². The Labute approximate surface area is 167 Å². The Morgan fingerprint density at radius 3 is 2.57 bits per heavy atom. The van der Waals surface area contributed by atoms with E-state index >= 15 is 0 Å². The molecule has 2 heterocycles. The molecule has 0 saturated carbocycles. The molecule has 2 aromatic carbocycles. The average molecular weight is 392 g/mol. The number of aromatic nitrogens is 2. The zero-order valence-corrected chi connectivity index (χ0v) is 16.5. The number of amides is 2. The topological polar surface area (TPSA) is 67.2 Å². The van der Waals surface area contributed by atoms with Gasteiger partial charge in [-0.05, 0) is 44.2 Å². The summed E-state index contributed by atoms with van der Waals surface area (Å²) in [5.41, 5.74) is 4.13. The maximum absolute atomic E-state index is 12.8. The first-order valence-corrected chi connectivity index (χ1v) is 9.96. The van der Waals surface area contributed by atoms with Crippen molar-refractivity contribution in [1.29, 1.82) is 0 Å². The molecule has 6 nitrogen and oxygen atoms in total. The van der Waals surface area contributed by atoms with Crippen molar-refractivity contribution < 1.29 is 9.59 Å². The molecule has 4 rings (SSSR count). The van der Waals surface area contributed by atoms with Crippen molar-refractivity contribution in [2.45, 2.75) is 18.7 Å². The highest BCUT2D eigenvalue weighted by molar-refractivity contribution is 8.00. The van der Waals surface area contributed by atoms with Crippen LogP contribution in [0.4, 0.5) is 11.4 Å². The molecule has 0 spiro atoms. The second-order valence-corrected chi connectivity index (χ2v) is 7.66. The van der Waals surface area contributed by atoms with E-state index in [-0.39, 0.29) is 18.4 Å². The number of carbonyl (C=O) groups is 2. The van der Waals surface area contributed by atoms with Gasteiger partial charge in [-0.15, -0.1) is 11.8 Å². The number of nitrogens with one attached hydrogen (secondary N) is 1. The minimum atomic E-state index is -0.246. The third kappa shape index (κ3) is 3.53. The van der Waals surface area contributed by atoms with Crippen LogP contribution >= 0.6 is 11.8 Å². The van der Waals surface area contributed by atoms with Gasteiger partial charge in [0.25, 0.3) is 0 Å². The van der Waals surface area contributed by atoms with Gasteiger partial charge < -0.3 is 10.2 Å². The van der Waals surface area contributed by atoms with Gasteiger partial charge in [0.2, 0.25) is 11.8 Å². The fourth-order valence-electron chi connectivity index (χ4n) is 3.30. The molecular weight excluding hydrogens is 372 g/mol. The van der Waals surface area contributed by atoms with Crippen molar-refractivity contribution >= 4 is 35.0 Å². The van der Waals surface area contributed by atoms with E-state index in [0.717, 1.165) is 27.7 Å². The highest BCUT2D eigenvalue weighted by Gasteiger charge is 2.26. The number of hydrogen-bond acceptors (Lipinski definition) is 4. The Balaban J connectivity index is 1.57. The molecule has 1 aliphatic heterocycles. The van der Waals surface area contributed by atoms with Crippen molar-refractivity contribution in [3.8, 4) is 5.69 Å². The third-order valence-electron chi connectivity index (χ3n) is 4.53. The van der Waals surface area contributed by atoms with Crippen LogP contribution in [0.1, 0.15) is 11.4 Å². The second kappa shape index (κ2) is 7.52. The molecular formula is C21H20N4O2S. The largest absolute Gasteiger partial charge is 0.323 e. The van der Waals surface area contributed by atoms with Gasteiger partial charge in [0.05, 0.1) is 28.5 Å². The highest BCUT2D eigenvalue weighted by atomic mass is 32.2. The van der Waals surface area contributed by atoms with Gasteiger partial charge in [-0.1, -0.05) is 24.3 Å². The van der Waals surface area contributed by atoms with E-state index in [2.05, 4.69) is 10.4 Å². The van der Waals surface area contributed by atoms with Crippen molar-refractivity contribution in [3.05, 3.63) is 66.0 Å². The maximum Gasteiger partial charge on any atom is 0.244 e. The van der Waals surface area contributed by atoms with Gasteiger partial charge in [-0.2, -0.15) is 5.10 Å². The summed E-state index contributed by atoms with van der Waals surface area (Å²) in [7, 11) is 0. The maximum atomic E-state index is 12.8.